The second kappa shape index (κ2) is 2.37. The van der Waals surface area contributed by atoms with Crippen molar-refractivity contribution in [2.75, 3.05) is 0 Å². The highest BCUT2D eigenvalue weighted by Crippen LogP contribution is 2.47. The zero-order valence-electron chi connectivity index (χ0n) is 6.78. The zero-order valence-corrected chi connectivity index (χ0v) is 6.78. The lowest BCUT2D eigenvalue weighted by molar-refractivity contribution is 0.0660. The van der Waals surface area contributed by atoms with Gasteiger partial charge < -0.3 is 9.52 Å². The summed E-state index contributed by atoms with van der Waals surface area (Å²) < 4.78 is 5.14. The van der Waals surface area contributed by atoms with Crippen LogP contribution in [0.25, 0.3) is 0 Å². The highest BCUT2D eigenvalue weighted by atomic mass is 16.4. The van der Waals surface area contributed by atoms with E-state index in [4.69, 9.17) is 9.52 Å². The predicted molar refractivity (Wildman–Crippen MR) is 42.2 cm³/mol. The van der Waals surface area contributed by atoms with Gasteiger partial charge in [0, 0.05) is 5.92 Å². The third-order valence-electron chi connectivity index (χ3n) is 2.31. The van der Waals surface area contributed by atoms with Gasteiger partial charge in [-0.1, -0.05) is 6.92 Å². The highest BCUT2D eigenvalue weighted by molar-refractivity contribution is 5.84. The summed E-state index contributed by atoms with van der Waals surface area (Å²) in [5.41, 5.74) is 0. The number of carbonyl (C=O) groups is 1. The van der Waals surface area contributed by atoms with Crippen molar-refractivity contribution in [3.05, 3.63) is 23.7 Å². The number of furan rings is 1. The second-order valence-electron chi connectivity index (χ2n) is 3.33. The minimum absolute atomic E-state index is 0.0455. The van der Waals surface area contributed by atoms with Crippen molar-refractivity contribution in [1.29, 1.82) is 0 Å². The van der Waals surface area contributed by atoms with Gasteiger partial charge in [0.15, 0.2) is 0 Å². The van der Waals surface area contributed by atoms with Gasteiger partial charge in [-0.25, -0.2) is 4.79 Å². The van der Waals surface area contributed by atoms with Crippen LogP contribution in [-0.2, 0) is 0 Å². The zero-order chi connectivity index (χ0) is 8.72. The van der Waals surface area contributed by atoms with Gasteiger partial charge in [0.1, 0.15) is 5.76 Å². The molecule has 1 aromatic heterocycles. The molecule has 64 valence electrons. The van der Waals surface area contributed by atoms with E-state index < -0.39 is 5.97 Å². The quantitative estimate of drug-likeness (QED) is 0.731. The van der Waals surface area contributed by atoms with Gasteiger partial charge in [0.05, 0.1) is 0 Å². The topological polar surface area (TPSA) is 50.4 Å². The van der Waals surface area contributed by atoms with Gasteiger partial charge >= 0.3 is 5.97 Å². The summed E-state index contributed by atoms with van der Waals surface area (Å²) in [6, 6.07) is 3.28. The maximum Gasteiger partial charge on any atom is 0.371 e. The number of hydrogen-bond acceptors (Lipinski definition) is 2. The summed E-state index contributed by atoms with van der Waals surface area (Å²) in [6.45, 7) is 2.13. The fourth-order valence-corrected chi connectivity index (χ4v) is 1.39. The number of aromatic carboxylic acids is 1. The molecule has 2 atom stereocenters. The molecule has 3 nitrogen and oxygen atoms in total. The Hall–Kier alpha value is -1.25. The van der Waals surface area contributed by atoms with E-state index in [9.17, 15) is 4.79 Å². The van der Waals surface area contributed by atoms with Crippen LogP contribution in [0.5, 0.6) is 0 Å². The predicted octanol–water partition coefficient (Wildman–Crippen LogP) is 2.10. The average molecular weight is 166 g/mol. The van der Waals surface area contributed by atoms with Crippen LogP contribution >= 0.6 is 0 Å². The van der Waals surface area contributed by atoms with Gasteiger partial charge in [0.25, 0.3) is 0 Å². The van der Waals surface area contributed by atoms with Crippen LogP contribution in [0, 0.1) is 5.92 Å². The van der Waals surface area contributed by atoms with E-state index in [-0.39, 0.29) is 5.76 Å². The molecule has 1 aromatic rings. The molecule has 0 radical (unpaired) electrons. The molecule has 0 aromatic carbocycles. The fourth-order valence-electron chi connectivity index (χ4n) is 1.39. The first-order valence-corrected chi connectivity index (χ1v) is 4.01. The molecule has 1 aliphatic carbocycles. The highest BCUT2D eigenvalue weighted by Gasteiger charge is 2.36. The largest absolute Gasteiger partial charge is 0.475 e. The molecule has 2 rings (SSSR count). The van der Waals surface area contributed by atoms with E-state index in [1.165, 1.54) is 6.07 Å². The van der Waals surface area contributed by atoms with Gasteiger partial charge in [0.2, 0.25) is 5.76 Å². The molecule has 0 spiro atoms. The molecule has 12 heavy (non-hydrogen) atoms. The lowest BCUT2D eigenvalue weighted by Gasteiger charge is -1.89. The third kappa shape index (κ3) is 1.11. The van der Waals surface area contributed by atoms with Crippen LogP contribution in [0.1, 0.15) is 35.6 Å². The Kier molecular flexibility index (Phi) is 1.46. The van der Waals surface area contributed by atoms with Crippen molar-refractivity contribution < 1.29 is 14.3 Å². The summed E-state index contributed by atoms with van der Waals surface area (Å²) in [5.74, 6) is 0.981. The van der Waals surface area contributed by atoms with Crippen LogP contribution in [-0.4, -0.2) is 11.1 Å². The molecule has 1 saturated carbocycles. The summed E-state index contributed by atoms with van der Waals surface area (Å²) in [5, 5.41) is 8.57. The maximum atomic E-state index is 10.4. The average Bonchev–Trinajstić information content (AvgIpc) is 2.59. The van der Waals surface area contributed by atoms with Gasteiger partial charge in [-0.3, -0.25) is 0 Å². The third-order valence-corrected chi connectivity index (χ3v) is 2.31. The lowest BCUT2D eigenvalue weighted by atomic mass is 10.3. The van der Waals surface area contributed by atoms with Crippen LogP contribution < -0.4 is 0 Å². The first-order chi connectivity index (χ1) is 5.68. The molecule has 0 saturated heterocycles. The van der Waals surface area contributed by atoms with Gasteiger partial charge in [-0.05, 0) is 24.5 Å². The van der Waals surface area contributed by atoms with Crippen LogP contribution in [0.2, 0.25) is 0 Å². The minimum atomic E-state index is -0.991. The first kappa shape index (κ1) is 7.40. The van der Waals surface area contributed by atoms with E-state index >= 15 is 0 Å². The molecule has 1 fully saturated rings. The number of rotatable bonds is 2. The van der Waals surface area contributed by atoms with Crippen LogP contribution in [0.3, 0.4) is 0 Å². The van der Waals surface area contributed by atoms with Crippen molar-refractivity contribution >= 4 is 5.97 Å². The van der Waals surface area contributed by atoms with Crippen molar-refractivity contribution in [1.82, 2.24) is 0 Å². The standard InChI is InChI=1S/C9H10O3/c1-5-4-6(5)7-2-3-8(12-7)9(10)11/h2-3,5-6H,4H2,1H3,(H,10,11)/t5-,6-/m1/s1. The molecular formula is C9H10O3. The summed E-state index contributed by atoms with van der Waals surface area (Å²) in [4.78, 5) is 10.4. The maximum absolute atomic E-state index is 10.4. The fraction of sp³-hybridized carbons (Fsp3) is 0.444. The normalized spacial score (nSPS) is 27.1. The Labute approximate surface area is 70.0 Å². The SMILES string of the molecule is C[C@@H]1C[C@H]1c1ccc(C(=O)O)o1. The smallest absolute Gasteiger partial charge is 0.371 e. The Morgan fingerprint density at radius 3 is 2.75 bits per heavy atom. The first-order valence-electron chi connectivity index (χ1n) is 4.01. The molecule has 0 aliphatic heterocycles. The summed E-state index contributed by atoms with van der Waals surface area (Å²) >= 11 is 0. The van der Waals surface area contributed by atoms with Crippen molar-refractivity contribution in [3.63, 3.8) is 0 Å². The van der Waals surface area contributed by atoms with E-state index in [1.807, 2.05) is 0 Å². The molecule has 3 heteroatoms. The molecule has 1 aliphatic rings. The molecule has 0 bridgehead atoms. The second-order valence-corrected chi connectivity index (χ2v) is 3.33. The van der Waals surface area contributed by atoms with Crippen molar-refractivity contribution in [2.24, 2.45) is 5.92 Å². The van der Waals surface area contributed by atoms with Crippen molar-refractivity contribution in [2.45, 2.75) is 19.3 Å². The summed E-state index contributed by atoms with van der Waals surface area (Å²) in [6.07, 6.45) is 1.12. The van der Waals surface area contributed by atoms with E-state index in [0.29, 0.717) is 11.8 Å². The molecule has 1 N–H and O–H groups in total. The van der Waals surface area contributed by atoms with E-state index in [2.05, 4.69) is 6.92 Å². The Bertz CT molecular complexity index is 313. The van der Waals surface area contributed by atoms with Gasteiger partial charge in [-0.15, -0.1) is 0 Å². The van der Waals surface area contributed by atoms with Crippen LogP contribution in [0.15, 0.2) is 16.5 Å². The molecule has 1 heterocycles. The number of hydrogen-bond donors (Lipinski definition) is 1. The monoisotopic (exact) mass is 166 g/mol. The summed E-state index contributed by atoms with van der Waals surface area (Å²) in [7, 11) is 0. The molecule has 0 amide bonds. The Balaban J connectivity index is 2.19. The Morgan fingerprint density at radius 1 is 1.67 bits per heavy atom. The molecular weight excluding hydrogens is 156 g/mol. The van der Waals surface area contributed by atoms with Gasteiger partial charge in [-0.2, -0.15) is 0 Å². The van der Waals surface area contributed by atoms with E-state index in [1.54, 1.807) is 6.07 Å². The minimum Gasteiger partial charge on any atom is -0.475 e. The Morgan fingerprint density at radius 2 is 2.33 bits per heavy atom. The number of carboxylic acids is 1. The van der Waals surface area contributed by atoms with E-state index in [0.717, 1.165) is 12.2 Å². The number of carboxylic acid groups (broad SMARTS) is 1. The van der Waals surface area contributed by atoms with Crippen LogP contribution in [0.4, 0.5) is 0 Å². The lowest BCUT2D eigenvalue weighted by Crippen LogP contribution is -1.91. The van der Waals surface area contributed by atoms with Crippen molar-refractivity contribution in [3.8, 4) is 0 Å². The molecule has 0 unspecified atom stereocenters.